The Morgan fingerprint density at radius 2 is 1.74 bits per heavy atom. The number of hydrogen-bond donors (Lipinski definition) is 0. The number of aromatic nitrogens is 2. The fourth-order valence-electron chi connectivity index (χ4n) is 2.20. The van der Waals surface area contributed by atoms with E-state index in [4.69, 9.17) is 11.6 Å². The van der Waals surface area contributed by atoms with Crippen molar-refractivity contribution in [2.75, 3.05) is 11.9 Å². The fourth-order valence-corrected chi connectivity index (χ4v) is 2.41. The third-order valence-corrected chi connectivity index (χ3v) is 3.57. The molecule has 100 valence electrons. The van der Waals surface area contributed by atoms with Gasteiger partial charge in [0.15, 0.2) is 0 Å². The van der Waals surface area contributed by atoms with Crippen LogP contribution in [0.25, 0.3) is 0 Å². The quantitative estimate of drug-likeness (QED) is 0.772. The Kier molecular flexibility index (Phi) is 3.76. The van der Waals surface area contributed by atoms with Crippen LogP contribution in [0.15, 0.2) is 18.2 Å². The molecule has 0 aliphatic rings. The molecular formula is C15H18ClN3. The Hall–Kier alpha value is -1.61. The van der Waals surface area contributed by atoms with Crippen molar-refractivity contribution in [1.29, 1.82) is 0 Å². The van der Waals surface area contributed by atoms with Crippen molar-refractivity contribution in [2.24, 2.45) is 0 Å². The summed E-state index contributed by atoms with van der Waals surface area (Å²) in [6.07, 6.45) is 0. The molecule has 19 heavy (non-hydrogen) atoms. The van der Waals surface area contributed by atoms with Crippen LogP contribution >= 0.6 is 11.6 Å². The van der Waals surface area contributed by atoms with E-state index in [1.165, 1.54) is 11.1 Å². The van der Waals surface area contributed by atoms with Crippen molar-refractivity contribution in [1.82, 2.24) is 9.97 Å². The van der Waals surface area contributed by atoms with Crippen molar-refractivity contribution in [3.8, 4) is 0 Å². The molecule has 0 aliphatic heterocycles. The lowest BCUT2D eigenvalue weighted by atomic mass is 10.1. The molecule has 0 unspecified atom stereocenters. The molecule has 2 aromatic rings. The normalized spacial score (nSPS) is 10.6. The van der Waals surface area contributed by atoms with Crippen LogP contribution in [0.4, 0.5) is 11.5 Å². The van der Waals surface area contributed by atoms with Crippen molar-refractivity contribution in [2.45, 2.75) is 27.7 Å². The molecule has 0 N–H and O–H groups in total. The van der Waals surface area contributed by atoms with Gasteiger partial charge in [0.1, 0.15) is 16.8 Å². The van der Waals surface area contributed by atoms with E-state index < -0.39 is 0 Å². The van der Waals surface area contributed by atoms with Gasteiger partial charge in [-0.3, -0.25) is 0 Å². The van der Waals surface area contributed by atoms with Crippen LogP contribution in [-0.4, -0.2) is 17.0 Å². The highest BCUT2D eigenvalue weighted by atomic mass is 35.5. The van der Waals surface area contributed by atoms with Gasteiger partial charge < -0.3 is 4.90 Å². The summed E-state index contributed by atoms with van der Waals surface area (Å²) in [5, 5.41) is 0.513. The number of anilines is 2. The molecular weight excluding hydrogens is 258 g/mol. The van der Waals surface area contributed by atoms with E-state index in [9.17, 15) is 0 Å². The average Bonchev–Trinajstić information content (AvgIpc) is 2.33. The largest absolute Gasteiger partial charge is 0.329 e. The summed E-state index contributed by atoms with van der Waals surface area (Å²) >= 11 is 6.14. The van der Waals surface area contributed by atoms with Crippen LogP contribution in [0.5, 0.6) is 0 Å². The van der Waals surface area contributed by atoms with Crippen LogP contribution in [-0.2, 0) is 0 Å². The third kappa shape index (κ3) is 2.71. The highest BCUT2D eigenvalue weighted by molar-refractivity contribution is 6.30. The molecule has 4 heteroatoms. The minimum absolute atomic E-state index is 0.513. The van der Waals surface area contributed by atoms with Crippen molar-refractivity contribution < 1.29 is 0 Å². The van der Waals surface area contributed by atoms with Crippen LogP contribution in [0.1, 0.15) is 22.5 Å². The van der Waals surface area contributed by atoms with E-state index in [1.807, 2.05) is 20.9 Å². The number of aryl methyl sites for hydroxylation is 3. The van der Waals surface area contributed by atoms with E-state index in [0.29, 0.717) is 11.0 Å². The van der Waals surface area contributed by atoms with Crippen LogP contribution in [0.3, 0.4) is 0 Å². The minimum Gasteiger partial charge on any atom is -0.329 e. The van der Waals surface area contributed by atoms with E-state index in [0.717, 1.165) is 17.1 Å². The Morgan fingerprint density at radius 1 is 1.05 bits per heavy atom. The lowest BCUT2D eigenvalue weighted by molar-refractivity contribution is 0.989. The first-order valence-electron chi connectivity index (χ1n) is 6.22. The monoisotopic (exact) mass is 275 g/mol. The maximum atomic E-state index is 6.14. The maximum absolute atomic E-state index is 6.14. The zero-order valence-corrected chi connectivity index (χ0v) is 12.7. The SMILES string of the molecule is Cc1ccc(N(C)c2nc(C)nc(Cl)c2C)c(C)c1. The highest BCUT2D eigenvalue weighted by Gasteiger charge is 2.14. The molecule has 1 aromatic heterocycles. The standard InChI is InChI=1S/C15H18ClN3/c1-9-6-7-13(10(2)8-9)19(5)15-11(3)14(16)17-12(4)18-15/h6-8H,1-5H3. The van der Waals surface area contributed by atoms with E-state index in [2.05, 4.69) is 46.9 Å². The van der Waals surface area contributed by atoms with Crippen LogP contribution < -0.4 is 4.90 Å². The number of rotatable bonds is 2. The molecule has 0 saturated carbocycles. The Balaban J connectivity index is 2.52. The van der Waals surface area contributed by atoms with Crippen LogP contribution in [0.2, 0.25) is 5.15 Å². The van der Waals surface area contributed by atoms with Gasteiger partial charge in [-0.25, -0.2) is 9.97 Å². The second-order valence-corrected chi connectivity index (χ2v) is 5.22. The smallest absolute Gasteiger partial charge is 0.140 e. The van der Waals surface area contributed by atoms with Crippen molar-refractivity contribution in [3.05, 3.63) is 45.9 Å². The van der Waals surface area contributed by atoms with Gasteiger partial charge in [-0.15, -0.1) is 0 Å². The zero-order chi connectivity index (χ0) is 14.2. The average molecular weight is 276 g/mol. The summed E-state index contributed by atoms with van der Waals surface area (Å²) < 4.78 is 0. The van der Waals surface area contributed by atoms with E-state index >= 15 is 0 Å². The summed E-state index contributed by atoms with van der Waals surface area (Å²) in [6, 6.07) is 6.37. The van der Waals surface area contributed by atoms with Crippen molar-refractivity contribution in [3.63, 3.8) is 0 Å². The first-order chi connectivity index (χ1) is 8.90. The van der Waals surface area contributed by atoms with Crippen LogP contribution in [0, 0.1) is 27.7 Å². The summed E-state index contributed by atoms with van der Waals surface area (Å²) in [6.45, 7) is 7.99. The summed E-state index contributed by atoms with van der Waals surface area (Å²) in [5.74, 6) is 1.53. The second kappa shape index (κ2) is 5.17. The van der Waals surface area contributed by atoms with Gasteiger partial charge >= 0.3 is 0 Å². The van der Waals surface area contributed by atoms with Gasteiger partial charge in [0.2, 0.25) is 0 Å². The topological polar surface area (TPSA) is 29.0 Å². The first kappa shape index (κ1) is 13.8. The molecule has 0 saturated heterocycles. The number of hydrogen-bond acceptors (Lipinski definition) is 3. The predicted molar refractivity (Wildman–Crippen MR) is 80.5 cm³/mol. The molecule has 0 spiro atoms. The third-order valence-electron chi connectivity index (χ3n) is 3.20. The van der Waals surface area contributed by atoms with Crippen molar-refractivity contribution >= 4 is 23.1 Å². The van der Waals surface area contributed by atoms with Gasteiger partial charge in [-0.2, -0.15) is 0 Å². The number of benzene rings is 1. The van der Waals surface area contributed by atoms with Gasteiger partial charge in [0.05, 0.1) is 0 Å². The van der Waals surface area contributed by atoms with Gasteiger partial charge in [0.25, 0.3) is 0 Å². The highest BCUT2D eigenvalue weighted by Crippen LogP contribution is 2.30. The summed E-state index contributed by atoms with van der Waals surface area (Å²) in [5.41, 5.74) is 4.50. The van der Waals surface area contributed by atoms with Gasteiger partial charge in [-0.1, -0.05) is 29.3 Å². The molecule has 0 fully saturated rings. The molecule has 0 bridgehead atoms. The molecule has 1 heterocycles. The molecule has 0 aliphatic carbocycles. The second-order valence-electron chi connectivity index (χ2n) is 4.86. The molecule has 0 atom stereocenters. The number of halogens is 1. The maximum Gasteiger partial charge on any atom is 0.140 e. The molecule has 1 aromatic carbocycles. The minimum atomic E-state index is 0.513. The Morgan fingerprint density at radius 3 is 2.37 bits per heavy atom. The van der Waals surface area contributed by atoms with Gasteiger partial charge in [-0.05, 0) is 39.3 Å². The fraction of sp³-hybridized carbons (Fsp3) is 0.333. The number of nitrogens with zero attached hydrogens (tertiary/aromatic N) is 3. The van der Waals surface area contributed by atoms with E-state index in [-0.39, 0.29) is 0 Å². The zero-order valence-electron chi connectivity index (χ0n) is 12.0. The molecule has 0 amide bonds. The Labute approximate surface area is 119 Å². The molecule has 0 radical (unpaired) electrons. The molecule has 3 nitrogen and oxygen atoms in total. The van der Waals surface area contributed by atoms with E-state index in [1.54, 1.807) is 0 Å². The summed E-state index contributed by atoms with van der Waals surface area (Å²) in [4.78, 5) is 10.7. The predicted octanol–water partition coefficient (Wildman–Crippen LogP) is 4.13. The lowest BCUT2D eigenvalue weighted by Crippen LogP contribution is -2.15. The summed E-state index contributed by atoms with van der Waals surface area (Å²) in [7, 11) is 2.00. The Bertz CT molecular complexity index is 623. The molecule has 2 rings (SSSR count). The van der Waals surface area contributed by atoms with Gasteiger partial charge in [0, 0.05) is 18.3 Å². The lowest BCUT2D eigenvalue weighted by Gasteiger charge is -2.23. The first-order valence-corrected chi connectivity index (χ1v) is 6.59.